The van der Waals surface area contributed by atoms with Gasteiger partial charge in [0.1, 0.15) is 6.61 Å². The van der Waals surface area contributed by atoms with Crippen LogP contribution in [0.5, 0.6) is 11.5 Å². The number of amides is 3. The number of thiophene rings is 1. The van der Waals surface area contributed by atoms with Gasteiger partial charge in [-0.15, -0.1) is 11.3 Å². The van der Waals surface area contributed by atoms with Crippen LogP contribution in [0.25, 0.3) is 0 Å². The number of anilines is 2. The van der Waals surface area contributed by atoms with Crippen LogP contribution in [0.3, 0.4) is 0 Å². The molecule has 0 saturated heterocycles. The van der Waals surface area contributed by atoms with Gasteiger partial charge in [-0.2, -0.15) is 0 Å². The van der Waals surface area contributed by atoms with Crippen LogP contribution < -0.4 is 25.4 Å². The third-order valence-electron chi connectivity index (χ3n) is 4.18. The van der Waals surface area contributed by atoms with Crippen molar-refractivity contribution in [3.8, 4) is 11.5 Å². The summed E-state index contributed by atoms with van der Waals surface area (Å²) in [4.78, 5) is 25.0. The van der Waals surface area contributed by atoms with Crippen molar-refractivity contribution in [1.82, 2.24) is 5.32 Å². The van der Waals surface area contributed by atoms with Crippen LogP contribution >= 0.6 is 11.3 Å². The summed E-state index contributed by atoms with van der Waals surface area (Å²) in [5.41, 5.74) is 1.17. The second kappa shape index (κ2) is 8.66. The minimum absolute atomic E-state index is 0.184. The van der Waals surface area contributed by atoms with Gasteiger partial charge in [0.05, 0.1) is 11.4 Å². The molecule has 4 rings (SSSR count). The number of carbonyl (C=O) groups excluding carboxylic acids is 2. The summed E-state index contributed by atoms with van der Waals surface area (Å²) in [5.74, 6) is 1.19. The molecule has 3 aromatic rings. The van der Waals surface area contributed by atoms with E-state index >= 15 is 0 Å². The van der Waals surface area contributed by atoms with E-state index in [4.69, 9.17) is 9.47 Å². The number of urea groups is 1. The molecule has 3 amide bonds. The zero-order valence-corrected chi connectivity index (χ0v) is 16.2. The Morgan fingerprint density at radius 2 is 1.76 bits per heavy atom. The lowest BCUT2D eigenvalue weighted by Crippen LogP contribution is -2.42. The number of benzene rings is 2. The van der Waals surface area contributed by atoms with Crippen LogP contribution in [0, 0.1) is 0 Å². The van der Waals surface area contributed by atoms with E-state index in [1.54, 1.807) is 30.3 Å². The van der Waals surface area contributed by atoms with Gasteiger partial charge in [0, 0.05) is 11.4 Å². The molecule has 0 unspecified atom stereocenters. The van der Waals surface area contributed by atoms with Gasteiger partial charge in [0.25, 0.3) is 5.91 Å². The molecule has 1 atom stereocenters. The molecule has 29 heavy (non-hydrogen) atoms. The largest absolute Gasteiger partial charge is 0.486 e. The number of nitrogens with one attached hydrogen (secondary N) is 3. The Balaban J connectivity index is 1.28. The number of carbonyl (C=O) groups is 2. The SMILES string of the molecule is O=C(NC[C@H]1COc2ccccc2O1)Nc1cccc(NC(=O)c2cccs2)c1. The third-order valence-corrected chi connectivity index (χ3v) is 5.05. The summed E-state index contributed by atoms with van der Waals surface area (Å²) in [5, 5.41) is 10.2. The van der Waals surface area contributed by atoms with E-state index in [1.165, 1.54) is 11.3 Å². The van der Waals surface area contributed by atoms with E-state index in [2.05, 4.69) is 16.0 Å². The van der Waals surface area contributed by atoms with E-state index in [9.17, 15) is 9.59 Å². The predicted molar refractivity (Wildman–Crippen MR) is 112 cm³/mol. The van der Waals surface area contributed by atoms with E-state index in [0.717, 1.165) is 0 Å². The molecular weight excluding hydrogens is 390 g/mol. The molecule has 0 saturated carbocycles. The van der Waals surface area contributed by atoms with Crippen LogP contribution in [0.4, 0.5) is 16.2 Å². The molecular formula is C21H19N3O4S. The molecule has 1 aliphatic rings. The Bertz CT molecular complexity index is 1010. The monoisotopic (exact) mass is 409 g/mol. The Hall–Kier alpha value is -3.52. The normalized spacial score (nSPS) is 14.7. The fourth-order valence-electron chi connectivity index (χ4n) is 2.82. The molecule has 148 valence electrons. The number of hydrogen-bond acceptors (Lipinski definition) is 5. The van der Waals surface area contributed by atoms with Crippen molar-refractivity contribution >= 4 is 34.6 Å². The van der Waals surface area contributed by atoms with Crippen LogP contribution in [-0.4, -0.2) is 31.2 Å². The summed E-state index contributed by atoms with van der Waals surface area (Å²) in [6.45, 7) is 0.663. The summed E-state index contributed by atoms with van der Waals surface area (Å²) < 4.78 is 11.5. The zero-order valence-electron chi connectivity index (χ0n) is 15.4. The first-order chi connectivity index (χ1) is 14.2. The van der Waals surface area contributed by atoms with E-state index in [0.29, 0.717) is 40.9 Å². The first-order valence-corrected chi connectivity index (χ1v) is 9.93. The number of fused-ring (bicyclic) bond motifs is 1. The Morgan fingerprint density at radius 1 is 0.966 bits per heavy atom. The molecule has 8 heteroatoms. The van der Waals surface area contributed by atoms with Crippen molar-refractivity contribution in [3.05, 3.63) is 70.9 Å². The number of hydrogen-bond donors (Lipinski definition) is 3. The number of rotatable bonds is 5. The molecule has 7 nitrogen and oxygen atoms in total. The van der Waals surface area contributed by atoms with Crippen molar-refractivity contribution in [2.24, 2.45) is 0 Å². The van der Waals surface area contributed by atoms with Crippen molar-refractivity contribution < 1.29 is 19.1 Å². The van der Waals surface area contributed by atoms with Gasteiger partial charge in [0.15, 0.2) is 17.6 Å². The molecule has 2 aromatic carbocycles. The molecule has 0 bridgehead atoms. The highest BCUT2D eigenvalue weighted by molar-refractivity contribution is 7.12. The standard InChI is InChI=1S/C21H19N3O4S/c25-20(19-9-4-10-29-19)23-14-5-3-6-15(11-14)24-21(26)22-12-16-13-27-17-7-1-2-8-18(17)28-16/h1-11,16H,12-13H2,(H,23,25)(H2,22,24,26)/t16-/m0/s1. The Kier molecular flexibility index (Phi) is 5.62. The van der Waals surface area contributed by atoms with Crippen LogP contribution in [0.15, 0.2) is 66.0 Å². The molecule has 3 N–H and O–H groups in total. The molecule has 1 aliphatic heterocycles. The number of para-hydroxylation sites is 2. The maximum atomic E-state index is 12.2. The number of ether oxygens (including phenoxy) is 2. The maximum absolute atomic E-state index is 12.2. The van der Waals surface area contributed by atoms with E-state index < -0.39 is 0 Å². The second-order valence-electron chi connectivity index (χ2n) is 6.34. The van der Waals surface area contributed by atoms with Crippen LogP contribution in [0.1, 0.15) is 9.67 Å². The third kappa shape index (κ3) is 4.85. The Labute approximate surface area is 171 Å². The lowest BCUT2D eigenvalue weighted by atomic mass is 10.2. The van der Waals surface area contributed by atoms with Gasteiger partial charge in [-0.1, -0.05) is 24.3 Å². The Morgan fingerprint density at radius 3 is 2.55 bits per heavy atom. The first-order valence-electron chi connectivity index (χ1n) is 9.05. The summed E-state index contributed by atoms with van der Waals surface area (Å²) in [7, 11) is 0. The molecule has 0 fully saturated rings. The maximum Gasteiger partial charge on any atom is 0.319 e. The van der Waals surface area contributed by atoms with Gasteiger partial charge in [0.2, 0.25) is 0 Å². The van der Waals surface area contributed by atoms with Gasteiger partial charge in [-0.25, -0.2) is 4.79 Å². The van der Waals surface area contributed by atoms with E-state index in [1.807, 2.05) is 35.7 Å². The molecule has 0 radical (unpaired) electrons. The van der Waals surface area contributed by atoms with E-state index in [-0.39, 0.29) is 18.0 Å². The van der Waals surface area contributed by atoms with Crippen molar-refractivity contribution in [2.75, 3.05) is 23.8 Å². The van der Waals surface area contributed by atoms with Crippen molar-refractivity contribution in [3.63, 3.8) is 0 Å². The average Bonchev–Trinajstić information content (AvgIpc) is 3.27. The summed E-state index contributed by atoms with van der Waals surface area (Å²) in [6.07, 6.45) is -0.271. The second-order valence-corrected chi connectivity index (χ2v) is 7.29. The van der Waals surface area contributed by atoms with Crippen LogP contribution in [0.2, 0.25) is 0 Å². The quantitative estimate of drug-likeness (QED) is 0.595. The topological polar surface area (TPSA) is 88.7 Å². The summed E-state index contributed by atoms with van der Waals surface area (Å²) >= 11 is 1.37. The van der Waals surface area contributed by atoms with Gasteiger partial charge < -0.3 is 25.4 Å². The lowest BCUT2D eigenvalue weighted by molar-refractivity contribution is 0.0922. The van der Waals surface area contributed by atoms with Gasteiger partial charge >= 0.3 is 6.03 Å². The highest BCUT2D eigenvalue weighted by atomic mass is 32.1. The minimum atomic E-state index is -0.366. The lowest BCUT2D eigenvalue weighted by Gasteiger charge is -2.26. The van der Waals surface area contributed by atoms with Crippen molar-refractivity contribution in [2.45, 2.75) is 6.10 Å². The van der Waals surface area contributed by atoms with Gasteiger partial charge in [-0.05, 0) is 41.8 Å². The highest BCUT2D eigenvalue weighted by Crippen LogP contribution is 2.30. The fourth-order valence-corrected chi connectivity index (χ4v) is 3.44. The van der Waals surface area contributed by atoms with Gasteiger partial charge in [-0.3, -0.25) is 4.79 Å². The minimum Gasteiger partial charge on any atom is -0.486 e. The smallest absolute Gasteiger partial charge is 0.319 e. The average molecular weight is 409 g/mol. The molecule has 1 aromatic heterocycles. The molecule has 0 spiro atoms. The molecule has 0 aliphatic carbocycles. The predicted octanol–water partition coefficient (Wildman–Crippen LogP) is 3.96. The molecule has 2 heterocycles. The summed E-state index contributed by atoms with van der Waals surface area (Å²) in [6, 6.07) is 17.6. The zero-order chi connectivity index (χ0) is 20.1. The van der Waals surface area contributed by atoms with Crippen LogP contribution in [-0.2, 0) is 0 Å². The van der Waals surface area contributed by atoms with Crippen molar-refractivity contribution in [1.29, 1.82) is 0 Å². The highest BCUT2D eigenvalue weighted by Gasteiger charge is 2.21. The fraction of sp³-hybridized carbons (Fsp3) is 0.143. The first kappa shape index (κ1) is 18.8.